The Hall–Kier alpha value is -2.68. The Labute approximate surface area is 153 Å². The van der Waals surface area contributed by atoms with E-state index in [0.717, 1.165) is 18.9 Å². The van der Waals surface area contributed by atoms with Gasteiger partial charge in [0.25, 0.3) is 5.56 Å². The first-order chi connectivity index (χ1) is 12.3. The molecule has 1 aliphatic rings. The zero-order chi connectivity index (χ0) is 19.2. The van der Waals surface area contributed by atoms with Crippen LogP contribution in [0.1, 0.15) is 41.1 Å². The summed E-state index contributed by atoms with van der Waals surface area (Å²) in [6.07, 6.45) is 0.571. The zero-order valence-electron chi connectivity index (χ0n) is 15.0. The summed E-state index contributed by atoms with van der Waals surface area (Å²) in [5.41, 5.74) is -0.992. The molecular formula is C17H20N4O4S. The van der Waals surface area contributed by atoms with E-state index < -0.39 is 17.1 Å². The summed E-state index contributed by atoms with van der Waals surface area (Å²) in [7, 11) is 2.73. The Balaban J connectivity index is 2.14. The minimum atomic E-state index is -0.628. The summed E-state index contributed by atoms with van der Waals surface area (Å²) < 4.78 is 1.92. The first-order valence-corrected chi connectivity index (χ1v) is 9.03. The van der Waals surface area contributed by atoms with Crippen LogP contribution in [0, 0.1) is 6.92 Å². The molecule has 2 aromatic heterocycles. The molecule has 0 fully saturated rings. The van der Waals surface area contributed by atoms with Crippen LogP contribution in [-0.2, 0) is 18.9 Å². The fourth-order valence-corrected chi connectivity index (χ4v) is 3.96. The summed E-state index contributed by atoms with van der Waals surface area (Å²) in [5.74, 6) is -0.610. The maximum atomic E-state index is 12.6. The van der Waals surface area contributed by atoms with Gasteiger partial charge in [0.15, 0.2) is 0 Å². The van der Waals surface area contributed by atoms with E-state index in [1.165, 1.54) is 19.1 Å². The first kappa shape index (κ1) is 18.1. The number of aryl methyl sites for hydroxylation is 1. The summed E-state index contributed by atoms with van der Waals surface area (Å²) >= 11 is 1.56. The van der Waals surface area contributed by atoms with Gasteiger partial charge in [-0.1, -0.05) is 6.92 Å². The number of amides is 1. The molecule has 0 radical (unpaired) electrons. The molecule has 1 atom stereocenters. The molecule has 1 unspecified atom stereocenters. The Morgan fingerprint density at radius 2 is 2.00 bits per heavy atom. The van der Waals surface area contributed by atoms with Crippen molar-refractivity contribution in [2.24, 2.45) is 19.2 Å². The van der Waals surface area contributed by atoms with Gasteiger partial charge in [-0.3, -0.25) is 18.7 Å². The third-order valence-corrected chi connectivity index (χ3v) is 5.58. The highest BCUT2D eigenvalue weighted by molar-refractivity contribution is 7.12. The van der Waals surface area contributed by atoms with Gasteiger partial charge in [0.05, 0.1) is 11.8 Å². The number of carbonyl (C=O) groups excluding carboxylic acids is 1. The number of nitrogens with zero attached hydrogens (tertiary/aromatic N) is 4. The second-order valence-electron chi connectivity index (χ2n) is 6.21. The largest absolute Gasteiger partial charge is 0.494 e. The minimum absolute atomic E-state index is 0.0423. The smallest absolute Gasteiger partial charge is 0.333 e. The Bertz CT molecular complexity index is 1030. The molecular weight excluding hydrogens is 356 g/mol. The van der Waals surface area contributed by atoms with Crippen molar-refractivity contribution < 1.29 is 9.90 Å². The second-order valence-corrected chi connectivity index (χ2v) is 7.53. The SMILES string of the molecule is CCC(=O)N1N=C(c2c(O)n(C)c(=O)n(C)c2=O)CC1c1ccc(C)s1. The molecule has 3 heterocycles. The Kier molecular flexibility index (Phi) is 4.57. The van der Waals surface area contributed by atoms with Gasteiger partial charge in [0.1, 0.15) is 5.56 Å². The van der Waals surface area contributed by atoms with E-state index in [-0.39, 0.29) is 23.9 Å². The molecule has 0 saturated heterocycles. The molecule has 2 aromatic rings. The number of aromatic nitrogens is 2. The van der Waals surface area contributed by atoms with E-state index in [0.29, 0.717) is 12.1 Å². The average molecular weight is 376 g/mol. The molecule has 1 N–H and O–H groups in total. The molecule has 1 aliphatic heterocycles. The quantitative estimate of drug-likeness (QED) is 0.872. The van der Waals surface area contributed by atoms with E-state index in [4.69, 9.17) is 0 Å². The van der Waals surface area contributed by atoms with Gasteiger partial charge in [-0.2, -0.15) is 5.10 Å². The van der Waals surface area contributed by atoms with Crippen LogP contribution in [0.15, 0.2) is 26.8 Å². The van der Waals surface area contributed by atoms with E-state index >= 15 is 0 Å². The molecule has 138 valence electrons. The van der Waals surface area contributed by atoms with Crippen LogP contribution in [0.25, 0.3) is 0 Å². The zero-order valence-corrected chi connectivity index (χ0v) is 15.8. The molecule has 26 heavy (non-hydrogen) atoms. The summed E-state index contributed by atoms with van der Waals surface area (Å²) in [4.78, 5) is 38.9. The van der Waals surface area contributed by atoms with Crippen LogP contribution >= 0.6 is 11.3 Å². The molecule has 8 nitrogen and oxygen atoms in total. The maximum absolute atomic E-state index is 12.6. The van der Waals surface area contributed by atoms with Gasteiger partial charge in [-0.05, 0) is 19.1 Å². The van der Waals surface area contributed by atoms with Crippen molar-refractivity contribution in [3.63, 3.8) is 0 Å². The van der Waals surface area contributed by atoms with Gasteiger partial charge in [0.2, 0.25) is 11.8 Å². The van der Waals surface area contributed by atoms with Crippen LogP contribution in [-0.4, -0.2) is 30.9 Å². The topological polar surface area (TPSA) is 96.9 Å². The molecule has 9 heteroatoms. The molecule has 0 aliphatic carbocycles. The lowest BCUT2D eigenvalue weighted by Crippen LogP contribution is -2.39. The van der Waals surface area contributed by atoms with Crippen LogP contribution < -0.4 is 11.2 Å². The predicted molar refractivity (Wildman–Crippen MR) is 98.7 cm³/mol. The van der Waals surface area contributed by atoms with Crippen molar-refractivity contribution in [3.8, 4) is 5.88 Å². The lowest BCUT2D eigenvalue weighted by atomic mass is 10.0. The van der Waals surface area contributed by atoms with Crippen molar-refractivity contribution >= 4 is 23.0 Å². The molecule has 0 aromatic carbocycles. The van der Waals surface area contributed by atoms with Crippen molar-refractivity contribution in [3.05, 3.63) is 48.3 Å². The summed E-state index contributed by atoms with van der Waals surface area (Å²) in [6.45, 7) is 3.72. The standard InChI is InChI=1S/C17H20N4O4S/c1-5-13(22)21-11(12-7-6-9(2)26-12)8-10(18-21)14-15(23)19(3)17(25)20(4)16(14)24/h6-7,11,23H,5,8H2,1-4H3. The average Bonchev–Trinajstić information content (AvgIpc) is 3.24. The third kappa shape index (κ3) is 2.78. The summed E-state index contributed by atoms with van der Waals surface area (Å²) in [5, 5.41) is 16.1. The van der Waals surface area contributed by atoms with Crippen LogP contribution in [0.4, 0.5) is 0 Å². The fourth-order valence-electron chi connectivity index (χ4n) is 2.99. The molecule has 1 amide bonds. The minimum Gasteiger partial charge on any atom is -0.494 e. The van der Waals surface area contributed by atoms with Crippen molar-refractivity contribution in [1.29, 1.82) is 0 Å². The molecule has 0 bridgehead atoms. The Morgan fingerprint density at radius 1 is 1.31 bits per heavy atom. The molecule has 0 spiro atoms. The van der Waals surface area contributed by atoms with Gasteiger partial charge < -0.3 is 5.11 Å². The number of carbonyl (C=O) groups is 1. The summed E-state index contributed by atoms with van der Waals surface area (Å²) in [6, 6.07) is 3.59. The predicted octanol–water partition coefficient (Wildman–Crippen LogP) is 1.25. The number of hydrazone groups is 1. The maximum Gasteiger partial charge on any atom is 0.333 e. The lowest BCUT2D eigenvalue weighted by Gasteiger charge is -2.19. The number of rotatable bonds is 3. The fraction of sp³-hybridized carbons (Fsp3) is 0.412. The number of aromatic hydroxyl groups is 1. The van der Waals surface area contributed by atoms with Gasteiger partial charge in [-0.15, -0.1) is 11.3 Å². The van der Waals surface area contributed by atoms with Crippen molar-refractivity contribution in [2.75, 3.05) is 0 Å². The number of hydrogen-bond acceptors (Lipinski definition) is 6. The van der Waals surface area contributed by atoms with Crippen LogP contribution in [0.3, 0.4) is 0 Å². The monoisotopic (exact) mass is 376 g/mol. The van der Waals surface area contributed by atoms with E-state index in [9.17, 15) is 19.5 Å². The van der Waals surface area contributed by atoms with Crippen molar-refractivity contribution in [1.82, 2.24) is 14.1 Å². The third-order valence-electron chi connectivity index (χ3n) is 4.48. The second kappa shape index (κ2) is 6.56. The molecule has 3 rings (SSSR count). The van der Waals surface area contributed by atoms with Gasteiger partial charge in [-0.25, -0.2) is 9.80 Å². The Morgan fingerprint density at radius 3 is 2.58 bits per heavy atom. The normalized spacial score (nSPS) is 16.8. The number of hydrogen-bond donors (Lipinski definition) is 1. The highest BCUT2D eigenvalue weighted by Crippen LogP contribution is 2.37. The van der Waals surface area contributed by atoms with E-state index in [2.05, 4.69) is 5.10 Å². The van der Waals surface area contributed by atoms with Gasteiger partial charge >= 0.3 is 5.69 Å². The highest BCUT2D eigenvalue weighted by atomic mass is 32.1. The highest BCUT2D eigenvalue weighted by Gasteiger charge is 2.35. The van der Waals surface area contributed by atoms with Gasteiger partial charge in [0, 0.05) is 36.7 Å². The first-order valence-electron chi connectivity index (χ1n) is 8.21. The van der Waals surface area contributed by atoms with Crippen molar-refractivity contribution in [2.45, 2.75) is 32.7 Å². The van der Waals surface area contributed by atoms with Crippen LogP contribution in [0.2, 0.25) is 0 Å². The van der Waals surface area contributed by atoms with E-state index in [1.807, 2.05) is 19.1 Å². The van der Waals surface area contributed by atoms with Crippen LogP contribution in [0.5, 0.6) is 5.88 Å². The lowest BCUT2D eigenvalue weighted by molar-refractivity contribution is -0.132. The number of thiophene rings is 1. The van der Waals surface area contributed by atoms with E-state index in [1.54, 1.807) is 18.3 Å². The molecule has 0 saturated carbocycles.